The molecule has 1 atom stereocenters. The van der Waals surface area contributed by atoms with E-state index in [-0.39, 0.29) is 11.7 Å². The minimum atomic E-state index is -0.561. The van der Waals surface area contributed by atoms with Crippen LogP contribution in [0.5, 0.6) is 0 Å². The zero-order chi connectivity index (χ0) is 18.8. The number of aromatic amines is 1. The summed E-state index contributed by atoms with van der Waals surface area (Å²) in [5.74, 6) is -1.11. The molecule has 4 rings (SSSR count). The average molecular weight is 371 g/mol. The third-order valence-corrected chi connectivity index (χ3v) is 5.15. The molecule has 1 saturated heterocycles. The molecule has 27 heavy (non-hydrogen) atoms. The zero-order valence-corrected chi connectivity index (χ0v) is 14.8. The molecule has 2 aromatic carbocycles. The number of likely N-dealkylation sites (tertiary alicyclic amines) is 1. The van der Waals surface area contributed by atoms with Crippen molar-refractivity contribution >= 4 is 0 Å². The molecule has 1 aliphatic rings. The van der Waals surface area contributed by atoms with Crippen molar-refractivity contribution in [2.45, 2.75) is 25.3 Å². The van der Waals surface area contributed by atoms with Crippen LogP contribution in [0.15, 0.2) is 48.7 Å². The first kappa shape index (κ1) is 17.8. The predicted molar refractivity (Wildman–Crippen MR) is 97.6 cm³/mol. The molecule has 0 saturated carbocycles. The Balaban J connectivity index is 1.52. The highest BCUT2D eigenvalue weighted by molar-refractivity contribution is 5.65. The molecule has 140 valence electrons. The van der Waals surface area contributed by atoms with Crippen molar-refractivity contribution in [1.29, 1.82) is 0 Å². The van der Waals surface area contributed by atoms with Crippen LogP contribution in [-0.2, 0) is 6.54 Å². The van der Waals surface area contributed by atoms with E-state index >= 15 is 0 Å². The van der Waals surface area contributed by atoms with E-state index in [1.54, 1.807) is 18.3 Å². The van der Waals surface area contributed by atoms with E-state index in [0.29, 0.717) is 12.1 Å². The molecule has 1 N–H and O–H groups in total. The Morgan fingerprint density at radius 1 is 1.04 bits per heavy atom. The molecule has 0 bridgehead atoms. The monoisotopic (exact) mass is 371 g/mol. The number of benzene rings is 2. The quantitative estimate of drug-likeness (QED) is 0.709. The minimum absolute atomic E-state index is 0.227. The second-order valence-corrected chi connectivity index (χ2v) is 7.01. The highest BCUT2D eigenvalue weighted by Crippen LogP contribution is 2.33. The summed E-state index contributed by atoms with van der Waals surface area (Å²) >= 11 is 0. The van der Waals surface area contributed by atoms with Crippen LogP contribution in [-0.4, -0.2) is 28.2 Å². The number of nitrogens with zero attached hydrogens (tertiary/aromatic N) is 2. The van der Waals surface area contributed by atoms with Crippen LogP contribution in [0.3, 0.4) is 0 Å². The summed E-state index contributed by atoms with van der Waals surface area (Å²) in [5, 5.41) is 7.29. The van der Waals surface area contributed by atoms with Gasteiger partial charge in [0.2, 0.25) is 0 Å². The molecule has 0 radical (unpaired) electrons. The van der Waals surface area contributed by atoms with E-state index < -0.39 is 11.6 Å². The van der Waals surface area contributed by atoms with Crippen molar-refractivity contribution in [3.05, 3.63) is 77.4 Å². The predicted octanol–water partition coefficient (Wildman–Crippen LogP) is 4.87. The van der Waals surface area contributed by atoms with Crippen molar-refractivity contribution in [3.8, 4) is 11.1 Å². The number of nitrogens with one attached hydrogen (secondary N) is 1. The maximum absolute atomic E-state index is 14.0. The van der Waals surface area contributed by atoms with Crippen molar-refractivity contribution < 1.29 is 13.2 Å². The lowest BCUT2D eigenvalue weighted by Crippen LogP contribution is -2.34. The van der Waals surface area contributed by atoms with Crippen molar-refractivity contribution in [3.63, 3.8) is 0 Å². The van der Waals surface area contributed by atoms with E-state index in [9.17, 15) is 13.2 Å². The highest BCUT2D eigenvalue weighted by atomic mass is 19.1. The van der Waals surface area contributed by atoms with Crippen LogP contribution < -0.4 is 0 Å². The summed E-state index contributed by atoms with van der Waals surface area (Å²) in [7, 11) is 0. The second-order valence-electron chi connectivity index (χ2n) is 7.01. The minimum Gasteiger partial charge on any atom is -0.298 e. The number of rotatable bonds is 4. The Morgan fingerprint density at radius 3 is 2.59 bits per heavy atom. The van der Waals surface area contributed by atoms with Gasteiger partial charge in [-0.15, -0.1) is 0 Å². The largest absolute Gasteiger partial charge is 0.298 e. The molecular formula is C21H20F3N3. The van der Waals surface area contributed by atoms with Crippen LogP contribution in [0.25, 0.3) is 11.1 Å². The van der Waals surface area contributed by atoms with Gasteiger partial charge in [-0.2, -0.15) is 5.10 Å². The van der Waals surface area contributed by atoms with Crippen LogP contribution in [0, 0.1) is 17.5 Å². The van der Waals surface area contributed by atoms with E-state index in [4.69, 9.17) is 0 Å². The van der Waals surface area contributed by atoms with Gasteiger partial charge in [0.05, 0.1) is 6.20 Å². The van der Waals surface area contributed by atoms with Gasteiger partial charge in [0, 0.05) is 41.9 Å². The fraction of sp³-hybridized carbons (Fsp3) is 0.286. The van der Waals surface area contributed by atoms with E-state index in [0.717, 1.165) is 48.8 Å². The van der Waals surface area contributed by atoms with E-state index in [1.807, 2.05) is 0 Å². The van der Waals surface area contributed by atoms with Gasteiger partial charge in [-0.1, -0.05) is 18.2 Å². The van der Waals surface area contributed by atoms with Crippen molar-refractivity contribution in [2.75, 3.05) is 13.1 Å². The lowest BCUT2D eigenvalue weighted by atomic mass is 9.90. The summed E-state index contributed by atoms with van der Waals surface area (Å²) in [6.07, 6.45) is 3.75. The van der Waals surface area contributed by atoms with Gasteiger partial charge in [0.1, 0.15) is 17.5 Å². The van der Waals surface area contributed by atoms with Crippen LogP contribution in [0.1, 0.15) is 30.0 Å². The molecule has 0 amide bonds. The molecule has 1 fully saturated rings. The summed E-state index contributed by atoms with van der Waals surface area (Å²) in [4.78, 5) is 2.18. The topological polar surface area (TPSA) is 31.9 Å². The number of aromatic nitrogens is 2. The van der Waals surface area contributed by atoms with Crippen molar-refractivity contribution in [2.24, 2.45) is 0 Å². The van der Waals surface area contributed by atoms with Gasteiger partial charge in [-0.3, -0.25) is 10.00 Å². The number of hydrogen-bond acceptors (Lipinski definition) is 2. The van der Waals surface area contributed by atoms with Crippen LogP contribution >= 0.6 is 0 Å². The Labute approximate surface area is 155 Å². The van der Waals surface area contributed by atoms with Crippen LogP contribution in [0.2, 0.25) is 0 Å². The summed E-state index contributed by atoms with van der Waals surface area (Å²) in [5.41, 5.74) is 3.41. The van der Waals surface area contributed by atoms with E-state index in [1.165, 1.54) is 24.3 Å². The Kier molecular flexibility index (Phi) is 4.99. The Morgan fingerprint density at radius 2 is 1.81 bits per heavy atom. The number of hydrogen-bond donors (Lipinski definition) is 1. The molecule has 2 heterocycles. The molecular weight excluding hydrogens is 351 g/mol. The molecule has 0 spiro atoms. The number of piperidine rings is 1. The standard InChI is InChI=1S/C21H20F3N3/c22-17-6-3-14(4-7-17)19-11-25-26-21(19)16-2-1-9-27(13-16)12-15-5-8-18(23)10-20(15)24/h3-8,10-11,16H,1-2,9,12-13H2,(H,25,26)/t16-/m0/s1. The zero-order valence-electron chi connectivity index (χ0n) is 14.8. The van der Waals surface area contributed by atoms with E-state index in [2.05, 4.69) is 15.1 Å². The maximum atomic E-state index is 14.0. The summed E-state index contributed by atoms with van der Waals surface area (Å²) < 4.78 is 40.3. The average Bonchev–Trinajstić information content (AvgIpc) is 3.15. The first-order valence-corrected chi connectivity index (χ1v) is 9.05. The smallest absolute Gasteiger partial charge is 0.130 e. The molecule has 6 heteroatoms. The SMILES string of the molecule is Fc1ccc(-c2cn[nH]c2[C@H]2CCCN(Cc3ccc(F)cc3F)C2)cc1. The van der Waals surface area contributed by atoms with Gasteiger partial charge in [0.25, 0.3) is 0 Å². The molecule has 3 nitrogen and oxygen atoms in total. The third-order valence-electron chi connectivity index (χ3n) is 5.15. The Hall–Kier alpha value is -2.60. The van der Waals surface area contributed by atoms with Gasteiger partial charge in [-0.25, -0.2) is 13.2 Å². The third kappa shape index (κ3) is 3.90. The molecule has 0 unspecified atom stereocenters. The highest BCUT2D eigenvalue weighted by Gasteiger charge is 2.25. The summed E-state index contributed by atoms with van der Waals surface area (Å²) in [6, 6.07) is 10.1. The summed E-state index contributed by atoms with van der Waals surface area (Å²) in [6.45, 7) is 2.07. The van der Waals surface area contributed by atoms with Crippen molar-refractivity contribution in [1.82, 2.24) is 15.1 Å². The fourth-order valence-electron chi connectivity index (χ4n) is 3.79. The van der Waals surface area contributed by atoms with Gasteiger partial charge in [0.15, 0.2) is 0 Å². The normalized spacial score (nSPS) is 18.0. The number of halogens is 3. The molecule has 3 aromatic rings. The lowest BCUT2D eigenvalue weighted by Gasteiger charge is -2.32. The first-order valence-electron chi connectivity index (χ1n) is 9.05. The number of H-pyrrole nitrogens is 1. The Bertz CT molecular complexity index is 921. The van der Waals surface area contributed by atoms with Gasteiger partial charge < -0.3 is 0 Å². The lowest BCUT2D eigenvalue weighted by molar-refractivity contribution is 0.196. The van der Waals surface area contributed by atoms with Crippen LogP contribution in [0.4, 0.5) is 13.2 Å². The van der Waals surface area contributed by atoms with Gasteiger partial charge >= 0.3 is 0 Å². The fourth-order valence-corrected chi connectivity index (χ4v) is 3.79. The first-order chi connectivity index (χ1) is 13.1. The molecule has 1 aromatic heterocycles. The second kappa shape index (κ2) is 7.56. The van der Waals surface area contributed by atoms with Gasteiger partial charge in [-0.05, 0) is 43.1 Å². The molecule has 1 aliphatic heterocycles. The molecule has 0 aliphatic carbocycles. The maximum Gasteiger partial charge on any atom is 0.130 e.